The maximum absolute atomic E-state index is 12.6. The molecule has 0 heterocycles. The van der Waals surface area contributed by atoms with Gasteiger partial charge in [0.2, 0.25) is 0 Å². The van der Waals surface area contributed by atoms with Crippen molar-refractivity contribution in [3.63, 3.8) is 0 Å². The summed E-state index contributed by atoms with van der Waals surface area (Å²) in [6.45, 7) is 3.38. The van der Waals surface area contributed by atoms with Crippen LogP contribution in [0.5, 0.6) is 0 Å². The Bertz CT molecular complexity index is 385. The van der Waals surface area contributed by atoms with Crippen LogP contribution in [0.1, 0.15) is 29.8 Å². The van der Waals surface area contributed by atoms with Crippen LogP contribution in [0.3, 0.4) is 0 Å². The van der Waals surface area contributed by atoms with Crippen LogP contribution in [0.2, 0.25) is 0 Å². The number of benzene rings is 1. The van der Waals surface area contributed by atoms with Gasteiger partial charge in [-0.3, -0.25) is 4.79 Å². The van der Waals surface area contributed by atoms with Crippen molar-refractivity contribution in [3.05, 3.63) is 35.4 Å². The molecule has 1 amide bonds. The second-order valence-electron chi connectivity index (χ2n) is 3.67. The Morgan fingerprint density at radius 2 is 1.81 bits per heavy atom. The number of hydrogen-bond donors (Lipinski definition) is 1. The average molecular weight is 231 g/mol. The van der Waals surface area contributed by atoms with Gasteiger partial charge in [-0.15, -0.1) is 0 Å². The van der Waals surface area contributed by atoms with E-state index in [-0.39, 0.29) is 11.6 Å². The lowest BCUT2D eigenvalue weighted by atomic mass is 10.1. The molecule has 0 bridgehead atoms. The normalized spacial score (nSPS) is 11.6. The highest BCUT2D eigenvalue weighted by atomic mass is 19.4. The summed E-state index contributed by atoms with van der Waals surface area (Å²) in [6.07, 6.45) is -4.51. The second kappa shape index (κ2) is 4.55. The molecule has 0 saturated heterocycles. The van der Waals surface area contributed by atoms with Crippen LogP contribution in [-0.2, 0) is 6.18 Å². The van der Waals surface area contributed by atoms with E-state index in [4.69, 9.17) is 0 Å². The van der Waals surface area contributed by atoms with Crippen LogP contribution in [0.4, 0.5) is 13.2 Å². The summed E-state index contributed by atoms with van der Waals surface area (Å²) in [7, 11) is 0. The summed E-state index contributed by atoms with van der Waals surface area (Å²) in [4.78, 5) is 11.5. The Kier molecular flexibility index (Phi) is 3.57. The highest BCUT2D eigenvalue weighted by Gasteiger charge is 2.34. The average Bonchev–Trinajstić information content (AvgIpc) is 2.15. The van der Waals surface area contributed by atoms with Crippen LogP contribution < -0.4 is 5.32 Å². The van der Waals surface area contributed by atoms with Gasteiger partial charge in [-0.25, -0.2) is 0 Å². The van der Waals surface area contributed by atoms with Crippen LogP contribution in [-0.4, -0.2) is 11.9 Å². The summed E-state index contributed by atoms with van der Waals surface area (Å²) < 4.78 is 37.7. The van der Waals surface area contributed by atoms with Crippen LogP contribution >= 0.6 is 0 Å². The molecule has 88 valence electrons. The third-order valence-corrected chi connectivity index (χ3v) is 1.90. The van der Waals surface area contributed by atoms with Gasteiger partial charge in [0, 0.05) is 6.04 Å². The van der Waals surface area contributed by atoms with E-state index < -0.39 is 17.6 Å². The lowest BCUT2D eigenvalue weighted by Crippen LogP contribution is -2.31. The number of rotatable bonds is 2. The number of amides is 1. The van der Waals surface area contributed by atoms with Crippen LogP contribution in [0.25, 0.3) is 0 Å². The van der Waals surface area contributed by atoms with Gasteiger partial charge in [0.15, 0.2) is 0 Å². The number of hydrogen-bond acceptors (Lipinski definition) is 1. The molecule has 0 aliphatic heterocycles. The summed E-state index contributed by atoms with van der Waals surface area (Å²) in [5.74, 6) is -0.706. The highest BCUT2D eigenvalue weighted by molar-refractivity contribution is 5.96. The van der Waals surface area contributed by atoms with Crippen LogP contribution in [0.15, 0.2) is 24.3 Å². The van der Waals surface area contributed by atoms with E-state index in [1.54, 1.807) is 13.8 Å². The zero-order valence-corrected chi connectivity index (χ0v) is 8.93. The molecule has 0 aliphatic rings. The van der Waals surface area contributed by atoms with Gasteiger partial charge in [-0.2, -0.15) is 13.2 Å². The van der Waals surface area contributed by atoms with Crippen LogP contribution in [0, 0.1) is 0 Å². The van der Waals surface area contributed by atoms with Crippen molar-refractivity contribution in [2.45, 2.75) is 26.1 Å². The molecule has 0 atom stereocenters. The minimum atomic E-state index is -4.51. The number of carbonyl (C=O) groups is 1. The van der Waals surface area contributed by atoms with Crippen molar-refractivity contribution in [3.8, 4) is 0 Å². The summed E-state index contributed by atoms with van der Waals surface area (Å²) >= 11 is 0. The maximum Gasteiger partial charge on any atom is 0.417 e. The van der Waals surface area contributed by atoms with Crippen molar-refractivity contribution in [1.29, 1.82) is 0 Å². The lowest BCUT2D eigenvalue weighted by Gasteiger charge is -2.13. The summed E-state index contributed by atoms with van der Waals surface area (Å²) in [5, 5.41) is 2.43. The molecule has 0 fully saturated rings. The monoisotopic (exact) mass is 231 g/mol. The Morgan fingerprint density at radius 1 is 1.25 bits per heavy atom. The molecule has 0 aliphatic carbocycles. The molecule has 2 nitrogen and oxygen atoms in total. The third kappa shape index (κ3) is 2.98. The van der Waals surface area contributed by atoms with Crippen molar-refractivity contribution in [2.75, 3.05) is 0 Å². The minimum absolute atomic E-state index is 0.200. The first-order chi connectivity index (χ1) is 7.32. The maximum atomic E-state index is 12.6. The molecule has 0 radical (unpaired) electrons. The molecular weight excluding hydrogens is 219 g/mol. The molecule has 1 rings (SSSR count). The van der Waals surface area contributed by atoms with Crippen molar-refractivity contribution in [1.82, 2.24) is 5.32 Å². The molecule has 0 unspecified atom stereocenters. The number of alkyl halides is 3. The predicted octanol–water partition coefficient (Wildman–Crippen LogP) is 2.84. The van der Waals surface area contributed by atoms with Gasteiger partial charge in [-0.05, 0) is 26.0 Å². The topological polar surface area (TPSA) is 29.1 Å². The fourth-order valence-corrected chi connectivity index (χ4v) is 1.27. The van der Waals surface area contributed by atoms with Gasteiger partial charge in [0.05, 0.1) is 11.1 Å². The first-order valence-corrected chi connectivity index (χ1v) is 4.79. The Morgan fingerprint density at radius 3 is 2.31 bits per heavy atom. The van der Waals surface area contributed by atoms with Gasteiger partial charge in [-0.1, -0.05) is 12.1 Å². The van der Waals surface area contributed by atoms with E-state index in [9.17, 15) is 18.0 Å². The first-order valence-electron chi connectivity index (χ1n) is 4.79. The smallest absolute Gasteiger partial charge is 0.350 e. The standard InChI is InChI=1S/C11H12F3NO/c1-7(2)15-10(16)8-5-3-4-6-9(8)11(12,13)14/h3-7H,1-2H3,(H,15,16). The van der Waals surface area contributed by atoms with E-state index in [0.717, 1.165) is 6.07 Å². The molecule has 0 spiro atoms. The first kappa shape index (κ1) is 12.5. The predicted molar refractivity (Wildman–Crippen MR) is 54.0 cm³/mol. The quantitative estimate of drug-likeness (QED) is 0.833. The van der Waals surface area contributed by atoms with Gasteiger partial charge < -0.3 is 5.32 Å². The summed E-state index contributed by atoms with van der Waals surface area (Å²) in [5.41, 5.74) is -1.25. The van der Waals surface area contributed by atoms with Crippen molar-refractivity contribution in [2.24, 2.45) is 0 Å². The van der Waals surface area contributed by atoms with Crippen molar-refractivity contribution < 1.29 is 18.0 Å². The van der Waals surface area contributed by atoms with E-state index in [1.165, 1.54) is 18.2 Å². The molecule has 1 N–H and O–H groups in total. The van der Waals surface area contributed by atoms with Gasteiger partial charge in [0.1, 0.15) is 0 Å². The fourth-order valence-electron chi connectivity index (χ4n) is 1.27. The number of nitrogens with one attached hydrogen (secondary N) is 1. The highest BCUT2D eigenvalue weighted by Crippen LogP contribution is 2.31. The van der Waals surface area contributed by atoms with Gasteiger partial charge in [0.25, 0.3) is 5.91 Å². The Hall–Kier alpha value is -1.52. The molecule has 16 heavy (non-hydrogen) atoms. The van der Waals surface area contributed by atoms with E-state index >= 15 is 0 Å². The van der Waals surface area contributed by atoms with E-state index in [1.807, 2.05) is 0 Å². The Balaban J connectivity index is 3.09. The largest absolute Gasteiger partial charge is 0.417 e. The molecule has 1 aromatic rings. The summed E-state index contributed by atoms with van der Waals surface area (Å²) in [6, 6.07) is 4.53. The molecule has 0 saturated carbocycles. The molecular formula is C11H12F3NO. The molecule has 0 aromatic heterocycles. The lowest BCUT2D eigenvalue weighted by molar-refractivity contribution is -0.137. The minimum Gasteiger partial charge on any atom is -0.350 e. The molecule has 1 aromatic carbocycles. The zero-order chi connectivity index (χ0) is 12.3. The number of carbonyl (C=O) groups excluding carboxylic acids is 1. The second-order valence-corrected chi connectivity index (χ2v) is 3.67. The van der Waals surface area contributed by atoms with E-state index in [0.29, 0.717) is 0 Å². The van der Waals surface area contributed by atoms with Gasteiger partial charge >= 0.3 is 6.18 Å². The van der Waals surface area contributed by atoms with Crippen molar-refractivity contribution >= 4 is 5.91 Å². The Labute approximate surface area is 91.5 Å². The zero-order valence-electron chi connectivity index (χ0n) is 8.93. The third-order valence-electron chi connectivity index (χ3n) is 1.90. The van der Waals surface area contributed by atoms with E-state index in [2.05, 4.69) is 5.32 Å². The fraction of sp³-hybridized carbons (Fsp3) is 0.364. The molecule has 5 heteroatoms. The number of halogens is 3. The SMILES string of the molecule is CC(C)NC(=O)c1ccccc1C(F)(F)F.